The summed E-state index contributed by atoms with van der Waals surface area (Å²) in [6.07, 6.45) is 4.69. The molecular weight excluding hydrogens is 342 g/mol. The fourth-order valence-electron chi connectivity index (χ4n) is 2.70. The number of carbonyl (C=O) groups is 1. The Kier molecular flexibility index (Phi) is 6.90. The largest absolute Gasteiger partial charge is 0.355 e. The van der Waals surface area contributed by atoms with E-state index >= 15 is 0 Å². The quantitative estimate of drug-likeness (QED) is 0.583. The minimum absolute atomic E-state index is 0.0971. The van der Waals surface area contributed by atoms with Crippen molar-refractivity contribution >= 4 is 17.7 Å². The molecule has 0 saturated carbocycles. The van der Waals surface area contributed by atoms with Crippen LogP contribution in [0.5, 0.6) is 0 Å². The Labute approximate surface area is 158 Å². The van der Waals surface area contributed by atoms with Crippen LogP contribution in [0.1, 0.15) is 12.0 Å². The molecule has 1 N–H and O–H groups in total. The van der Waals surface area contributed by atoms with Crippen LogP contribution in [0, 0.1) is 0 Å². The van der Waals surface area contributed by atoms with Crippen LogP contribution < -0.4 is 5.32 Å². The normalized spacial score (nSPS) is 10.6. The first-order chi connectivity index (χ1) is 12.8. The molecular formula is C21H23N3OS. The number of hydrogen-bond donors (Lipinski definition) is 1. The van der Waals surface area contributed by atoms with Gasteiger partial charge in [0.2, 0.25) is 5.91 Å². The lowest BCUT2D eigenvalue weighted by Crippen LogP contribution is -2.27. The molecule has 1 amide bonds. The molecule has 0 spiro atoms. The SMILES string of the molecule is O=C(CSCc1ccccc1)NCCCn1ccnc1-c1ccccc1. The van der Waals surface area contributed by atoms with Crippen molar-refractivity contribution < 1.29 is 4.79 Å². The van der Waals surface area contributed by atoms with Gasteiger partial charge in [0, 0.05) is 36.8 Å². The molecule has 0 fully saturated rings. The van der Waals surface area contributed by atoms with Gasteiger partial charge in [0.1, 0.15) is 5.82 Å². The molecule has 0 saturated heterocycles. The number of hydrogen-bond acceptors (Lipinski definition) is 3. The molecule has 4 nitrogen and oxygen atoms in total. The number of aryl methyl sites for hydroxylation is 1. The Morgan fingerprint density at radius 3 is 2.54 bits per heavy atom. The second-order valence-corrected chi connectivity index (χ2v) is 6.98. The number of thioether (sulfide) groups is 1. The van der Waals surface area contributed by atoms with Crippen LogP contribution in [0.2, 0.25) is 0 Å². The van der Waals surface area contributed by atoms with Crippen LogP contribution in [0.4, 0.5) is 0 Å². The molecule has 2 aromatic carbocycles. The molecule has 134 valence electrons. The third-order valence-electron chi connectivity index (χ3n) is 3.99. The zero-order valence-corrected chi connectivity index (χ0v) is 15.5. The Morgan fingerprint density at radius 2 is 1.77 bits per heavy atom. The van der Waals surface area contributed by atoms with Gasteiger partial charge in [0.05, 0.1) is 5.75 Å². The summed E-state index contributed by atoms with van der Waals surface area (Å²) < 4.78 is 2.13. The smallest absolute Gasteiger partial charge is 0.230 e. The van der Waals surface area contributed by atoms with Crippen LogP contribution in [0.3, 0.4) is 0 Å². The highest BCUT2D eigenvalue weighted by molar-refractivity contribution is 7.99. The molecule has 0 bridgehead atoms. The van der Waals surface area contributed by atoms with Gasteiger partial charge in [-0.15, -0.1) is 11.8 Å². The standard InChI is InChI=1S/C21H23N3OS/c25-20(17-26-16-18-8-3-1-4-9-18)22-12-7-14-24-15-13-23-21(24)19-10-5-2-6-11-19/h1-6,8-11,13,15H,7,12,14,16-17H2,(H,22,25). The number of imidazole rings is 1. The van der Waals surface area contributed by atoms with Crippen molar-refractivity contribution in [2.24, 2.45) is 0 Å². The van der Waals surface area contributed by atoms with E-state index in [2.05, 4.69) is 39.1 Å². The fraction of sp³-hybridized carbons (Fsp3) is 0.238. The van der Waals surface area contributed by atoms with Crippen molar-refractivity contribution in [2.45, 2.75) is 18.7 Å². The van der Waals surface area contributed by atoms with Crippen molar-refractivity contribution in [3.63, 3.8) is 0 Å². The number of nitrogens with one attached hydrogen (secondary N) is 1. The molecule has 0 aliphatic heterocycles. The zero-order valence-electron chi connectivity index (χ0n) is 14.7. The van der Waals surface area contributed by atoms with Gasteiger partial charge in [0.25, 0.3) is 0 Å². The van der Waals surface area contributed by atoms with E-state index in [1.54, 1.807) is 11.8 Å². The van der Waals surface area contributed by atoms with E-state index in [0.29, 0.717) is 12.3 Å². The first kappa shape index (κ1) is 18.3. The number of amides is 1. The van der Waals surface area contributed by atoms with Crippen LogP contribution >= 0.6 is 11.8 Å². The molecule has 0 unspecified atom stereocenters. The first-order valence-electron chi connectivity index (χ1n) is 8.78. The highest BCUT2D eigenvalue weighted by Gasteiger charge is 2.06. The molecule has 3 rings (SSSR count). The van der Waals surface area contributed by atoms with Crippen molar-refractivity contribution in [1.82, 2.24) is 14.9 Å². The summed E-state index contributed by atoms with van der Waals surface area (Å²) in [5.74, 6) is 2.43. The Balaban J connectivity index is 1.36. The summed E-state index contributed by atoms with van der Waals surface area (Å²) in [6.45, 7) is 1.51. The second kappa shape index (κ2) is 9.82. The third kappa shape index (κ3) is 5.49. The molecule has 26 heavy (non-hydrogen) atoms. The van der Waals surface area contributed by atoms with Crippen molar-refractivity contribution in [3.05, 3.63) is 78.6 Å². The summed E-state index contributed by atoms with van der Waals surface area (Å²) in [4.78, 5) is 16.4. The molecule has 0 aliphatic carbocycles. The van der Waals surface area contributed by atoms with Gasteiger partial charge in [-0.3, -0.25) is 4.79 Å². The van der Waals surface area contributed by atoms with Gasteiger partial charge in [-0.1, -0.05) is 60.7 Å². The predicted octanol–water partition coefficient (Wildman–Crippen LogP) is 3.99. The average Bonchev–Trinajstić information content (AvgIpc) is 3.15. The van der Waals surface area contributed by atoms with E-state index in [9.17, 15) is 4.79 Å². The molecule has 1 heterocycles. The minimum Gasteiger partial charge on any atom is -0.355 e. The number of nitrogens with zero attached hydrogens (tertiary/aromatic N) is 2. The summed E-state index contributed by atoms with van der Waals surface area (Å²) in [7, 11) is 0. The van der Waals surface area contributed by atoms with Crippen LogP contribution in [-0.2, 0) is 17.1 Å². The molecule has 3 aromatic rings. The van der Waals surface area contributed by atoms with E-state index in [0.717, 1.165) is 30.1 Å². The highest BCUT2D eigenvalue weighted by Crippen LogP contribution is 2.16. The number of benzene rings is 2. The zero-order chi connectivity index (χ0) is 18.0. The van der Waals surface area contributed by atoms with E-state index < -0.39 is 0 Å². The first-order valence-corrected chi connectivity index (χ1v) is 9.93. The van der Waals surface area contributed by atoms with E-state index in [-0.39, 0.29) is 5.91 Å². The maximum atomic E-state index is 11.9. The molecule has 0 aliphatic rings. The maximum Gasteiger partial charge on any atom is 0.230 e. The summed E-state index contributed by atoms with van der Waals surface area (Å²) in [5.41, 5.74) is 2.36. The van der Waals surface area contributed by atoms with Crippen molar-refractivity contribution in [1.29, 1.82) is 0 Å². The lowest BCUT2D eigenvalue weighted by atomic mass is 10.2. The number of aromatic nitrogens is 2. The molecule has 0 radical (unpaired) electrons. The average molecular weight is 366 g/mol. The maximum absolute atomic E-state index is 11.9. The van der Waals surface area contributed by atoms with Crippen LogP contribution in [0.25, 0.3) is 11.4 Å². The lowest BCUT2D eigenvalue weighted by Gasteiger charge is -2.09. The van der Waals surface area contributed by atoms with Crippen molar-refractivity contribution in [2.75, 3.05) is 12.3 Å². The molecule has 5 heteroatoms. The second-order valence-electron chi connectivity index (χ2n) is 5.99. The van der Waals surface area contributed by atoms with E-state index in [1.165, 1.54) is 5.56 Å². The number of rotatable bonds is 9. The summed E-state index contributed by atoms with van der Waals surface area (Å²) in [6, 6.07) is 20.4. The fourth-order valence-corrected chi connectivity index (χ4v) is 3.52. The Hall–Kier alpha value is -2.53. The predicted molar refractivity (Wildman–Crippen MR) is 108 cm³/mol. The molecule has 1 aromatic heterocycles. The van der Waals surface area contributed by atoms with Gasteiger partial charge in [0.15, 0.2) is 0 Å². The Morgan fingerprint density at radius 1 is 1.04 bits per heavy atom. The van der Waals surface area contributed by atoms with Gasteiger partial charge in [-0.25, -0.2) is 4.98 Å². The topological polar surface area (TPSA) is 46.9 Å². The van der Waals surface area contributed by atoms with Crippen molar-refractivity contribution in [3.8, 4) is 11.4 Å². The Bertz CT molecular complexity index is 802. The lowest BCUT2D eigenvalue weighted by molar-refractivity contribution is -0.118. The number of carbonyl (C=O) groups excluding carboxylic acids is 1. The van der Waals surface area contributed by atoms with Gasteiger partial charge < -0.3 is 9.88 Å². The minimum atomic E-state index is 0.0971. The van der Waals surface area contributed by atoms with Gasteiger partial charge >= 0.3 is 0 Å². The van der Waals surface area contributed by atoms with Gasteiger partial charge in [-0.05, 0) is 12.0 Å². The third-order valence-corrected chi connectivity index (χ3v) is 4.99. The van der Waals surface area contributed by atoms with Crippen LogP contribution in [0.15, 0.2) is 73.1 Å². The monoisotopic (exact) mass is 365 g/mol. The molecule has 0 atom stereocenters. The summed E-state index contributed by atoms with van der Waals surface area (Å²) >= 11 is 1.64. The van der Waals surface area contributed by atoms with E-state index in [1.807, 2.05) is 48.8 Å². The van der Waals surface area contributed by atoms with Gasteiger partial charge in [-0.2, -0.15) is 0 Å². The van der Waals surface area contributed by atoms with E-state index in [4.69, 9.17) is 0 Å². The summed E-state index contributed by atoms with van der Waals surface area (Å²) in [5, 5.41) is 3.00. The van der Waals surface area contributed by atoms with Crippen LogP contribution in [-0.4, -0.2) is 27.8 Å². The highest BCUT2D eigenvalue weighted by atomic mass is 32.2.